The maximum atomic E-state index is 7.64. The van der Waals surface area contributed by atoms with Crippen molar-refractivity contribution in [2.45, 2.75) is 166 Å². The second-order valence-corrected chi connectivity index (χ2v) is 28.2. The molecule has 0 unspecified atom stereocenters. The van der Waals surface area contributed by atoms with Gasteiger partial charge in [-0.05, 0) is 230 Å². The third-order valence-electron chi connectivity index (χ3n) is 20.9. The number of nitrogens with zero attached hydrogens (tertiary/aromatic N) is 6. The number of hydrogen-bond acceptors (Lipinski definition) is 0. The summed E-state index contributed by atoms with van der Waals surface area (Å²) < 4.78 is 81.2. The van der Waals surface area contributed by atoms with Gasteiger partial charge in [-0.2, -0.15) is 27.4 Å². The summed E-state index contributed by atoms with van der Waals surface area (Å²) in [5.74, 6) is 0. The van der Waals surface area contributed by atoms with Crippen molar-refractivity contribution in [1.82, 2.24) is 0 Å². The molecule has 12 rings (SSSR count). The molecule has 6 aromatic carbocycles. The van der Waals surface area contributed by atoms with E-state index in [-0.39, 0.29) is 0 Å². The topological polar surface area (TPSA) is 23.3 Å². The fourth-order valence-corrected chi connectivity index (χ4v) is 13.5. The Bertz CT molecular complexity index is 5280. The summed E-state index contributed by atoms with van der Waals surface area (Å²) in [5.41, 5.74) is 41.1. The van der Waals surface area contributed by atoms with Gasteiger partial charge in [0.05, 0.1) is 5.56 Å². The second kappa shape index (κ2) is 34.7. The maximum absolute atomic E-state index is 7.64. The molecule has 6 heterocycles. The Labute approximate surface area is 628 Å². The van der Waals surface area contributed by atoms with Crippen LogP contribution in [0.15, 0.2) is 182 Å². The van der Waals surface area contributed by atoms with Gasteiger partial charge in [-0.25, -0.2) is 0 Å². The summed E-state index contributed by atoms with van der Waals surface area (Å²) in [5, 5.41) is 0. The molecule has 6 nitrogen and oxygen atoms in total. The zero-order chi connectivity index (χ0) is 83.0. The Morgan fingerprint density at radius 2 is 0.461 bits per heavy atom. The van der Waals surface area contributed by atoms with Crippen LogP contribution in [0.1, 0.15) is 147 Å². The lowest BCUT2D eigenvalue weighted by Crippen LogP contribution is -2.36. The monoisotopic (exact) mass is 1370 g/mol. The summed E-state index contributed by atoms with van der Waals surface area (Å²) in [6.07, 6.45) is 0. The molecule has 0 bridgehead atoms. The Morgan fingerprint density at radius 3 is 0.814 bits per heavy atom. The van der Waals surface area contributed by atoms with Crippen LogP contribution in [-0.4, -0.2) is 0 Å². The van der Waals surface area contributed by atoms with Crippen molar-refractivity contribution in [1.29, 1.82) is 0 Å². The highest BCUT2D eigenvalue weighted by Gasteiger charge is 2.24. The van der Waals surface area contributed by atoms with E-state index >= 15 is 0 Å². The predicted octanol–water partition coefficient (Wildman–Crippen LogP) is 20.5. The van der Waals surface area contributed by atoms with Gasteiger partial charge in [-0.1, -0.05) is 108 Å². The molecule has 12 aromatic rings. The molecule has 0 amide bonds. The summed E-state index contributed by atoms with van der Waals surface area (Å²) >= 11 is 0. The van der Waals surface area contributed by atoms with Gasteiger partial charge in [-0.3, -0.25) is 0 Å². The minimum Gasteiger partial charge on any atom is -0.198 e. The molecule has 102 heavy (non-hydrogen) atoms. The van der Waals surface area contributed by atoms with Crippen LogP contribution in [0.4, 0.5) is 0 Å². The third-order valence-corrected chi connectivity index (χ3v) is 20.9. The van der Waals surface area contributed by atoms with Crippen molar-refractivity contribution < 1.29 is 39.7 Å². The summed E-state index contributed by atoms with van der Waals surface area (Å²) in [4.78, 5) is 0. The van der Waals surface area contributed by atoms with Crippen LogP contribution in [0, 0.1) is 166 Å². The largest absolute Gasteiger partial charge is 0.215 e. The Balaban J connectivity index is 0.000000185. The number of pyridine rings is 6. The highest BCUT2D eigenvalue weighted by Crippen LogP contribution is 2.30. The smallest absolute Gasteiger partial charge is 0.198 e. The molecule has 0 saturated heterocycles. The third kappa shape index (κ3) is 18.3. The lowest BCUT2D eigenvalue weighted by molar-refractivity contribution is -0.667. The second-order valence-electron chi connectivity index (χ2n) is 28.2. The van der Waals surface area contributed by atoms with Gasteiger partial charge in [0.1, 0.15) is 42.3 Å². The van der Waals surface area contributed by atoms with E-state index in [0.717, 1.165) is 50.9 Å². The van der Waals surface area contributed by atoms with E-state index in [1.54, 1.807) is 18.2 Å². The molecule has 6 heteroatoms. The molecule has 6 aromatic heterocycles. The average Bonchev–Trinajstić information content (AvgIpc) is 0.792. The highest BCUT2D eigenvalue weighted by atomic mass is 15.0. The maximum Gasteiger partial charge on any atom is 0.215 e. The van der Waals surface area contributed by atoms with Crippen LogP contribution >= 0.6 is 0 Å². The van der Waals surface area contributed by atoms with Crippen LogP contribution in [0.25, 0.3) is 67.5 Å². The van der Waals surface area contributed by atoms with E-state index in [1.165, 1.54) is 134 Å². The summed E-state index contributed by atoms with van der Waals surface area (Å²) in [6, 6.07) is 62.5. The van der Waals surface area contributed by atoms with Crippen LogP contribution in [0.2, 0.25) is 0 Å². The normalized spacial score (nSPS) is 12.3. The van der Waals surface area contributed by atoms with Gasteiger partial charge >= 0.3 is 0 Å². The molecule has 0 spiro atoms. The van der Waals surface area contributed by atoms with Crippen LogP contribution in [0.3, 0.4) is 0 Å². The van der Waals surface area contributed by atoms with E-state index in [0.29, 0.717) is 16.7 Å². The first-order chi connectivity index (χ1) is 51.7. The summed E-state index contributed by atoms with van der Waals surface area (Å²) in [7, 11) is 12.2. The quantitative estimate of drug-likeness (QED) is 0.148. The van der Waals surface area contributed by atoms with E-state index in [1.807, 2.05) is 92.9 Å². The van der Waals surface area contributed by atoms with E-state index in [2.05, 4.69) is 286 Å². The van der Waals surface area contributed by atoms with Gasteiger partial charge in [0.25, 0.3) is 0 Å². The minimum absolute atomic E-state index is 0.411. The lowest BCUT2D eigenvalue weighted by Gasteiger charge is -2.10. The first-order valence-corrected chi connectivity index (χ1v) is 35.5. The van der Waals surface area contributed by atoms with Crippen LogP contribution in [0.5, 0.6) is 0 Å². The van der Waals surface area contributed by atoms with Crippen LogP contribution < -0.4 is 27.4 Å². The lowest BCUT2D eigenvalue weighted by atomic mass is 9.98. The molecular weight excluding hydrogens is 1240 g/mol. The number of rotatable bonds is 6. The number of aromatic nitrogens is 6. The van der Waals surface area contributed by atoms with Crippen LogP contribution in [-0.2, 0) is 42.3 Å². The zero-order valence-corrected chi connectivity index (χ0v) is 66.5. The highest BCUT2D eigenvalue weighted by molar-refractivity contribution is 5.68. The van der Waals surface area contributed by atoms with Gasteiger partial charge < -0.3 is 0 Å². The minimum atomic E-state index is -2.07. The average molecular weight is 1370 g/mol. The molecule has 0 aliphatic carbocycles. The molecular formula is C96H120N6+6. The Hall–Kier alpha value is -9.78. The molecule has 0 aliphatic heterocycles. The van der Waals surface area contributed by atoms with E-state index in [4.69, 9.17) is 12.3 Å². The molecule has 0 radical (unpaired) electrons. The SMILES string of the molecule is Cc1ccc(C)c(-c2ccc(C)c(C)[n+]2C)c1.Cc1ccccc1-c1c(C)cc(C)c(C)[n+]1C.Cc1ccccc1-c1c(C)cc(C)c(C)[n+]1C.[2H]C([2H])([2H])c1cc(C)c(-c2ccccc2C)[n+](C)c1C.[2H]C([2H])([2H])c1ccc(-c2c(C)cccc2C)[n+](C)c1C.[2H]C([2H])([2H])c1ccc(-c2cc(C)ccc2C)[n+](C)c1C. The van der Waals surface area contributed by atoms with Crippen molar-refractivity contribution in [3.63, 3.8) is 0 Å². The molecule has 0 saturated carbocycles. The predicted molar refractivity (Wildman–Crippen MR) is 432 cm³/mol. The molecule has 0 atom stereocenters. The van der Waals surface area contributed by atoms with Crippen molar-refractivity contribution in [3.8, 4) is 67.5 Å². The van der Waals surface area contributed by atoms with Crippen molar-refractivity contribution in [2.75, 3.05) is 0 Å². The number of aryl methyl sites for hydroxylation is 18. The van der Waals surface area contributed by atoms with E-state index in [9.17, 15) is 0 Å². The Morgan fingerprint density at radius 1 is 0.196 bits per heavy atom. The number of benzene rings is 6. The molecule has 0 fully saturated rings. The Kier molecular flexibility index (Phi) is 22.7. The fraction of sp³-hybridized carbons (Fsp3) is 0.312. The fourth-order valence-electron chi connectivity index (χ4n) is 13.5. The molecule has 528 valence electrons. The van der Waals surface area contributed by atoms with Gasteiger partial charge in [0.15, 0.2) is 34.2 Å². The first kappa shape index (κ1) is 66.8. The standard InChI is InChI=1S/6C16H20N/c2*1-11-6-7-13(3)15(10-11)16-9-8-12(2)14(4)17(16)5;1-11-9-10-15(17(5)14(11)4)16-12(2)7-6-8-13(16)3;3*1-11-8-6-7-9-15(11)16-13(3)10-12(2)14(4)17(16)5/h6*6-10H,1-5H3/q6*+1/i2D3;;1D3;2D3;;. The zero-order valence-electron chi connectivity index (χ0n) is 75.5. The van der Waals surface area contributed by atoms with Gasteiger partial charge in [0, 0.05) is 150 Å². The van der Waals surface area contributed by atoms with Gasteiger partial charge in [-0.15, -0.1) is 0 Å². The van der Waals surface area contributed by atoms with Crippen molar-refractivity contribution in [2.24, 2.45) is 42.3 Å². The summed E-state index contributed by atoms with van der Waals surface area (Å²) in [6.45, 7) is 37.8. The first-order valence-electron chi connectivity index (χ1n) is 40.0. The van der Waals surface area contributed by atoms with Crippen molar-refractivity contribution in [3.05, 3.63) is 316 Å². The molecule has 0 aliphatic rings. The molecule has 0 N–H and O–H groups in total. The van der Waals surface area contributed by atoms with Gasteiger partial charge in [0.2, 0.25) is 34.2 Å². The van der Waals surface area contributed by atoms with E-state index < -0.39 is 20.6 Å². The van der Waals surface area contributed by atoms with Crippen molar-refractivity contribution >= 4 is 0 Å². The number of hydrogen-bond donors (Lipinski definition) is 0.